The summed E-state index contributed by atoms with van der Waals surface area (Å²) in [6.45, 7) is 12.1. The summed E-state index contributed by atoms with van der Waals surface area (Å²) in [4.78, 5) is 2.73. The molecule has 2 saturated heterocycles. The maximum Gasteiger partial charge on any atom is 0.0792 e. The third-order valence-corrected chi connectivity index (χ3v) is 8.77. The molecule has 2 aromatic rings. The second-order valence-corrected chi connectivity index (χ2v) is 11.3. The van der Waals surface area contributed by atoms with Crippen molar-refractivity contribution in [1.82, 2.24) is 20.0 Å². The predicted molar refractivity (Wildman–Crippen MR) is 143 cm³/mol. The monoisotopic (exact) mass is 460 g/mol. The van der Waals surface area contributed by atoms with E-state index in [0.717, 1.165) is 35.8 Å². The molecule has 0 spiro atoms. The number of piperidine rings is 2. The first-order valence-electron chi connectivity index (χ1n) is 13.9. The van der Waals surface area contributed by atoms with Gasteiger partial charge in [-0.25, -0.2) is 0 Å². The second-order valence-electron chi connectivity index (χ2n) is 11.3. The Kier molecular flexibility index (Phi) is 7.43. The van der Waals surface area contributed by atoms with Crippen molar-refractivity contribution in [2.24, 2.45) is 13.0 Å². The van der Waals surface area contributed by atoms with E-state index in [9.17, 15) is 0 Å². The molecule has 4 nitrogen and oxygen atoms in total. The van der Waals surface area contributed by atoms with Crippen molar-refractivity contribution >= 4 is 10.9 Å². The van der Waals surface area contributed by atoms with Crippen molar-refractivity contribution in [3.63, 3.8) is 0 Å². The SMILES string of the molecule is C=C1CCC(c2nn(C)c3cc(C4CCCN(CCCCC5CCCCC5)C4)ccc23)C(=C)N1. The van der Waals surface area contributed by atoms with Crippen molar-refractivity contribution in [2.75, 3.05) is 19.6 Å². The van der Waals surface area contributed by atoms with Crippen LogP contribution in [-0.2, 0) is 7.05 Å². The van der Waals surface area contributed by atoms with Gasteiger partial charge in [0, 0.05) is 36.3 Å². The van der Waals surface area contributed by atoms with Gasteiger partial charge in [-0.3, -0.25) is 4.68 Å². The number of nitrogens with one attached hydrogen (secondary N) is 1. The van der Waals surface area contributed by atoms with Crippen molar-refractivity contribution in [3.05, 3.63) is 54.0 Å². The summed E-state index contributed by atoms with van der Waals surface area (Å²) < 4.78 is 2.08. The zero-order valence-corrected chi connectivity index (χ0v) is 21.3. The van der Waals surface area contributed by atoms with Crippen LogP contribution in [0, 0.1) is 5.92 Å². The van der Waals surface area contributed by atoms with Crippen LogP contribution in [0.25, 0.3) is 10.9 Å². The van der Waals surface area contributed by atoms with E-state index in [1.54, 1.807) is 0 Å². The summed E-state index contributed by atoms with van der Waals surface area (Å²) >= 11 is 0. The Balaban J connectivity index is 1.21. The van der Waals surface area contributed by atoms with Crippen molar-refractivity contribution < 1.29 is 0 Å². The lowest BCUT2D eigenvalue weighted by Gasteiger charge is -2.33. The number of aromatic nitrogens is 2. The minimum atomic E-state index is 0.263. The normalized spacial score (nSPS) is 25.1. The summed E-state index contributed by atoms with van der Waals surface area (Å²) in [5, 5.41) is 9.60. The van der Waals surface area contributed by atoms with Crippen LogP contribution in [0.4, 0.5) is 0 Å². The molecular weight excluding hydrogens is 416 g/mol. The largest absolute Gasteiger partial charge is 0.363 e. The van der Waals surface area contributed by atoms with Crippen LogP contribution in [0.3, 0.4) is 0 Å². The molecule has 3 heterocycles. The molecule has 4 heteroatoms. The predicted octanol–water partition coefficient (Wildman–Crippen LogP) is 7.00. The van der Waals surface area contributed by atoms with E-state index in [-0.39, 0.29) is 5.92 Å². The van der Waals surface area contributed by atoms with E-state index in [1.165, 1.54) is 100 Å². The fourth-order valence-electron chi connectivity index (χ4n) is 6.76. The van der Waals surface area contributed by atoms with Gasteiger partial charge >= 0.3 is 0 Å². The molecule has 184 valence electrons. The number of nitrogens with zero attached hydrogens (tertiary/aromatic N) is 3. The van der Waals surface area contributed by atoms with Crippen LogP contribution in [0.5, 0.6) is 0 Å². The number of hydrogen-bond donors (Lipinski definition) is 1. The number of hydrogen-bond acceptors (Lipinski definition) is 3. The molecule has 5 rings (SSSR count). The summed E-state index contributed by atoms with van der Waals surface area (Å²) in [6, 6.07) is 7.12. The van der Waals surface area contributed by atoms with Crippen LogP contribution in [-0.4, -0.2) is 34.3 Å². The highest BCUT2D eigenvalue weighted by Gasteiger charge is 2.27. The van der Waals surface area contributed by atoms with E-state index >= 15 is 0 Å². The number of rotatable bonds is 7. The maximum atomic E-state index is 4.95. The summed E-state index contributed by atoms with van der Waals surface area (Å²) in [5.74, 6) is 1.93. The zero-order chi connectivity index (χ0) is 23.5. The number of unbranched alkanes of at least 4 members (excludes halogenated alkanes) is 1. The molecule has 2 atom stereocenters. The first-order chi connectivity index (χ1) is 16.6. The van der Waals surface area contributed by atoms with Gasteiger partial charge in [-0.05, 0) is 68.7 Å². The van der Waals surface area contributed by atoms with E-state index in [0.29, 0.717) is 5.92 Å². The lowest BCUT2D eigenvalue weighted by atomic mass is 9.85. The molecule has 1 aliphatic carbocycles. The van der Waals surface area contributed by atoms with Crippen LogP contribution >= 0.6 is 0 Å². The first-order valence-corrected chi connectivity index (χ1v) is 13.9. The molecule has 0 bridgehead atoms. The Morgan fingerprint density at radius 3 is 2.71 bits per heavy atom. The topological polar surface area (TPSA) is 33.1 Å². The first kappa shape index (κ1) is 23.7. The number of allylic oxidation sites excluding steroid dienone is 2. The fraction of sp³-hybridized carbons (Fsp3) is 0.633. The van der Waals surface area contributed by atoms with E-state index in [4.69, 9.17) is 5.10 Å². The Hall–Kier alpha value is -2.07. The molecule has 2 aliphatic heterocycles. The molecule has 0 amide bonds. The van der Waals surface area contributed by atoms with E-state index in [1.807, 2.05) is 0 Å². The quantitative estimate of drug-likeness (QED) is 0.452. The average Bonchev–Trinajstić information content (AvgIpc) is 3.18. The summed E-state index contributed by atoms with van der Waals surface area (Å²) in [7, 11) is 2.09. The van der Waals surface area contributed by atoms with Crippen LogP contribution in [0.15, 0.2) is 42.8 Å². The van der Waals surface area contributed by atoms with Gasteiger partial charge in [0.15, 0.2) is 0 Å². The minimum Gasteiger partial charge on any atom is -0.363 e. The molecule has 1 saturated carbocycles. The van der Waals surface area contributed by atoms with Crippen molar-refractivity contribution in [2.45, 2.75) is 88.9 Å². The Labute approximate surface area is 206 Å². The van der Waals surface area contributed by atoms with Crippen molar-refractivity contribution in [1.29, 1.82) is 0 Å². The molecule has 3 fully saturated rings. The number of fused-ring (bicyclic) bond motifs is 1. The number of likely N-dealkylation sites (tertiary alicyclic amines) is 1. The van der Waals surface area contributed by atoms with E-state index in [2.05, 4.69) is 53.3 Å². The lowest BCUT2D eigenvalue weighted by Crippen LogP contribution is -2.35. The van der Waals surface area contributed by atoms with Gasteiger partial charge in [0.1, 0.15) is 0 Å². The minimum absolute atomic E-state index is 0.263. The highest BCUT2D eigenvalue weighted by molar-refractivity contribution is 5.83. The molecule has 2 unspecified atom stereocenters. The van der Waals surface area contributed by atoms with Gasteiger partial charge in [-0.1, -0.05) is 70.2 Å². The van der Waals surface area contributed by atoms with Gasteiger partial charge in [0.2, 0.25) is 0 Å². The summed E-state index contributed by atoms with van der Waals surface area (Å²) in [6.07, 6.45) is 16.3. The van der Waals surface area contributed by atoms with Crippen molar-refractivity contribution in [3.8, 4) is 0 Å². The third-order valence-electron chi connectivity index (χ3n) is 8.77. The number of aryl methyl sites for hydroxylation is 1. The molecule has 0 radical (unpaired) electrons. The molecule has 1 aromatic heterocycles. The van der Waals surface area contributed by atoms with Gasteiger partial charge in [-0.2, -0.15) is 5.10 Å². The Morgan fingerprint density at radius 1 is 1.03 bits per heavy atom. The average molecular weight is 461 g/mol. The van der Waals surface area contributed by atoms with Gasteiger partial charge in [0.05, 0.1) is 11.2 Å². The number of benzene rings is 1. The van der Waals surface area contributed by atoms with E-state index < -0.39 is 0 Å². The highest BCUT2D eigenvalue weighted by Crippen LogP contribution is 2.37. The summed E-state index contributed by atoms with van der Waals surface area (Å²) in [5.41, 5.74) is 6.01. The lowest BCUT2D eigenvalue weighted by molar-refractivity contribution is 0.201. The molecule has 1 N–H and O–H groups in total. The maximum absolute atomic E-state index is 4.95. The molecule has 34 heavy (non-hydrogen) atoms. The highest BCUT2D eigenvalue weighted by atomic mass is 15.3. The zero-order valence-electron chi connectivity index (χ0n) is 21.3. The van der Waals surface area contributed by atoms with Crippen LogP contribution in [0.2, 0.25) is 0 Å². The second kappa shape index (κ2) is 10.7. The third kappa shape index (κ3) is 5.27. The molecule has 3 aliphatic rings. The Morgan fingerprint density at radius 2 is 1.88 bits per heavy atom. The fourth-order valence-corrected chi connectivity index (χ4v) is 6.76. The Bertz CT molecular complexity index is 1010. The van der Waals surface area contributed by atoms with Crippen LogP contribution in [0.1, 0.15) is 100 Å². The van der Waals surface area contributed by atoms with Gasteiger partial charge in [0.25, 0.3) is 0 Å². The smallest absolute Gasteiger partial charge is 0.0792 e. The molecular formula is C30H44N4. The van der Waals surface area contributed by atoms with Gasteiger partial charge in [-0.15, -0.1) is 0 Å². The molecule has 1 aromatic carbocycles. The standard InChI is InChI=1S/C30H44N4/c1-22-14-16-27(23(2)31-22)30-28-17-15-25(20-29(28)33(3)32-30)26-13-9-19-34(21-26)18-8-7-12-24-10-5-4-6-11-24/h15,17,20,24,26-27,31H,1-2,4-14,16,18-19,21H2,3H3. The van der Waals surface area contributed by atoms with Crippen LogP contribution < -0.4 is 5.32 Å². The van der Waals surface area contributed by atoms with Gasteiger partial charge < -0.3 is 10.2 Å².